The molecular formula is C22H26O5. The summed E-state index contributed by atoms with van der Waals surface area (Å²) in [6.07, 6.45) is 7.59. The highest BCUT2D eigenvalue weighted by atomic mass is 16.4. The minimum Gasteiger partial charge on any atom is -0.475 e. The third-order valence-electron chi connectivity index (χ3n) is 8.10. The number of ketones is 3. The van der Waals surface area contributed by atoms with Crippen LogP contribution in [0, 0.1) is 40.4 Å². The molecule has 7 atom stereocenters. The molecule has 27 heavy (non-hydrogen) atoms. The van der Waals surface area contributed by atoms with Gasteiger partial charge in [0, 0.05) is 23.7 Å². The van der Waals surface area contributed by atoms with Crippen molar-refractivity contribution in [2.24, 2.45) is 40.4 Å². The van der Waals surface area contributed by atoms with Crippen molar-refractivity contribution in [3.8, 4) is 0 Å². The first-order valence-corrected chi connectivity index (χ1v) is 9.84. The van der Waals surface area contributed by atoms with E-state index in [0.717, 1.165) is 18.4 Å². The van der Waals surface area contributed by atoms with Crippen LogP contribution >= 0.6 is 0 Å². The van der Waals surface area contributed by atoms with Gasteiger partial charge in [-0.2, -0.15) is 0 Å². The van der Waals surface area contributed by atoms with Crippen LogP contribution in [0.15, 0.2) is 23.8 Å². The Kier molecular flexibility index (Phi) is 3.89. The maximum absolute atomic E-state index is 13.4. The molecule has 0 amide bonds. The fourth-order valence-electron chi connectivity index (χ4n) is 7.04. The number of hydrogen-bond donors (Lipinski definition) is 1. The zero-order chi connectivity index (χ0) is 19.7. The third-order valence-corrected chi connectivity index (χ3v) is 8.10. The molecule has 3 fully saturated rings. The lowest BCUT2D eigenvalue weighted by Crippen LogP contribution is -2.56. The number of aliphatic carboxylic acids is 1. The minimum absolute atomic E-state index is 0.0196. The average Bonchev–Trinajstić information content (AvgIpc) is 2.92. The second-order valence-electron chi connectivity index (χ2n) is 9.45. The summed E-state index contributed by atoms with van der Waals surface area (Å²) in [5, 5.41) is 9.22. The van der Waals surface area contributed by atoms with Crippen molar-refractivity contribution in [1.29, 1.82) is 0 Å². The fraction of sp³-hybridized carbons (Fsp3) is 0.636. The van der Waals surface area contributed by atoms with E-state index in [0.29, 0.717) is 6.42 Å². The first kappa shape index (κ1) is 18.3. The van der Waals surface area contributed by atoms with E-state index in [1.807, 2.05) is 13.0 Å². The van der Waals surface area contributed by atoms with Crippen LogP contribution in [0.1, 0.15) is 46.5 Å². The van der Waals surface area contributed by atoms with Crippen LogP contribution in [-0.4, -0.2) is 28.4 Å². The first-order valence-electron chi connectivity index (χ1n) is 9.84. The van der Waals surface area contributed by atoms with E-state index in [2.05, 4.69) is 13.8 Å². The van der Waals surface area contributed by atoms with Crippen LogP contribution in [0.5, 0.6) is 0 Å². The second kappa shape index (κ2) is 5.73. The molecular weight excluding hydrogens is 344 g/mol. The largest absolute Gasteiger partial charge is 0.475 e. The molecule has 144 valence electrons. The van der Waals surface area contributed by atoms with Gasteiger partial charge in [0.05, 0.1) is 0 Å². The van der Waals surface area contributed by atoms with Crippen molar-refractivity contribution in [2.45, 2.75) is 46.5 Å². The quantitative estimate of drug-likeness (QED) is 0.755. The van der Waals surface area contributed by atoms with Gasteiger partial charge in [-0.3, -0.25) is 14.4 Å². The number of carboxylic acid groups (broad SMARTS) is 1. The van der Waals surface area contributed by atoms with Crippen LogP contribution in [0.4, 0.5) is 0 Å². The summed E-state index contributed by atoms with van der Waals surface area (Å²) >= 11 is 0. The standard InChI is InChI=1S/C22H26O5/c1-11-8-13-14-4-5-15(19(25)20(26)27)22(14,3)10-17(24)18(13)21(2)7-6-12(23)9-16(11)21/h6-7,9,11,13-15,18H,4-5,8,10H2,1-3H3,(H,26,27)/t11-,13-,14-,15+,18+,21-,22-/m0/s1. The molecule has 5 nitrogen and oxygen atoms in total. The number of carbonyl (C=O) groups excluding carboxylic acids is 3. The van der Waals surface area contributed by atoms with Crippen LogP contribution in [0.25, 0.3) is 0 Å². The molecule has 4 aliphatic carbocycles. The molecule has 0 aromatic rings. The van der Waals surface area contributed by atoms with E-state index >= 15 is 0 Å². The van der Waals surface area contributed by atoms with E-state index < -0.39 is 28.5 Å². The van der Waals surface area contributed by atoms with Gasteiger partial charge in [0.25, 0.3) is 0 Å². The summed E-state index contributed by atoms with van der Waals surface area (Å²) in [5.74, 6) is -2.33. The maximum atomic E-state index is 13.4. The molecule has 0 unspecified atom stereocenters. The molecule has 0 aromatic carbocycles. The Morgan fingerprint density at radius 1 is 1.19 bits per heavy atom. The van der Waals surface area contributed by atoms with E-state index in [4.69, 9.17) is 0 Å². The molecule has 0 aliphatic heterocycles. The zero-order valence-corrected chi connectivity index (χ0v) is 16.0. The number of carboxylic acids is 1. The second-order valence-corrected chi connectivity index (χ2v) is 9.45. The summed E-state index contributed by atoms with van der Waals surface area (Å²) in [6.45, 7) is 6.12. The third kappa shape index (κ3) is 2.36. The lowest BCUT2D eigenvalue weighted by molar-refractivity contribution is -0.156. The summed E-state index contributed by atoms with van der Waals surface area (Å²) in [6, 6.07) is 0. The van der Waals surface area contributed by atoms with Gasteiger partial charge in [-0.1, -0.05) is 32.4 Å². The molecule has 0 aromatic heterocycles. The molecule has 0 heterocycles. The Bertz CT molecular complexity index is 821. The SMILES string of the molecule is C[C@H]1C[C@H]2[C@@H]3CC[C@H](C(=O)C(=O)O)[C@@]3(C)CC(=O)[C@@H]2[C@@]2(C)C=CC(=O)C=C12. The van der Waals surface area contributed by atoms with Gasteiger partial charge >= 0.3 is 5.97 Å². The lowest BCUT2D eigenvalue weighted by atomic mass is 9.45. The van der Waals surface area contributed by atoms with Crippen molar-refractivity contribution in [1.82, 2.24) is 0 Å². The average molecular weight is 370 g/mol. The van der Waals surface area contributed by atoms with Gasteiger partial charge < -0.3 is 5.11 Å². The van der Waals surface area contributed by atoms with Gasteiger partial charge in [-0.15, -0.1) is 0 Å². The van der Waals surface area contributed by atoms with E-state index in [1.54, 1.807) is 12.2 Å². The van der Waals surface area contributed by atoms with Crippen molar-refractivity contribution in [3.63, 3.8) is 0 Å². The molecule has 0 radical (unpaired) electrons. The first-order chi connectivity index (χ1) is 12.6. The molecule has 0 saturated heterocycles. The molecule has 5 heteroatoms. The molecule has 4 rings (SSSR count). The topological polar surface area (TPSA) is 88.5 Å². The summed E-state index contributed by atoms with van der Waals surface area (Å²) < 4.78 is 0. The van der Waals surface area contributed by atoms with Crippen LogP contribution in [0.3, 0.4) is 0 Å². The Morgan fingerprint density at radius 2 is 1.89 bits per heavy atom. The minimum atomic E-state index is -1.39. The highest BCUT2D eigenvalue weighted by molar-refractivity contribution is 6.33. The number of hydrogen-bond acceptors (Lipinski definition) is 4. The van der Waals surface area contributed by atoms with Gasteiger partial charge in [0.2, 0.25) is 5.78 Å². The summed E-state index contributed by atoms with van der Waals surface area (Å²) in [5.41, 5.74) is 0.0207. The monoisotopic (exact) mass is 370 g/mol. The van der Waals surface area contributed by atoms with Crippen molar-refractivity contribution in [3.05, 3.63) is 23.8 Å². The molecule has 0 bridgehead atoms. The Morgan fingerprint density at radius 3 is 2.56 bits per heavy atom. The summed E-state index contributed by atoms with van der Waals surface area (Å²) in [4.78, 5) is 48.9. The van der Waals surface area contributed by atoms with Crippen LogP contribution in [0.2, 0.25) is 0 Å². The Hall–Kier alpha value is -2.04. The van der Waals surface area contributed by atoms with Crippen LogP contribution < -0.4 is 0 Å². The normalized spacial score (nSPS) is 45.6. The molecule has 4 aliphatic rings. The highest BCUT2D eigenvalue weighted by Gasteiger charge is 2.64. The van der Waals surface area contributed by atoms with Gasteiger partial charge in [-0.25, -0.2) is 4.79 Å². The lowest BCUT2D eigenvalue weighted by Gasteiger charge is -2.57. The number of carbonyl (C=O) groups is 4. The fourth-order valence-corrected chi connectivity index (χ4v) is 7.04. The zero-order valence-electron chi connectivity index (χ0n) is 16.0. The van der Waals surface area contributed by atoms with E-state index in [-0.39, 0.29) is 41.7 Å². The van der Waals surface area contributed by atoms with E-state index in [9.17, 15) is 24.3 Å². The highest BCUT2D eigenvalue weighted by Crippen LogP contribution is 2.65. The predicted molar refractivity (Wildman–Crippen MR) is 97.7 cm³/mol. The van der Waals surface area contributed by atoms with Gasteiger partial charge in [0.1, 0.15) is 5.78 Å². The van der Waals surface area contributed by atoms with Crippen molar-refractivity contribution < 1.29 is 24.3 Å². The Labute approximate surface area is 158 Å². The molecule has 0 spiro atoms. The van der Waals surface area contributed by atoms with Gasteiger partial charge in [0.15, 0.2) is 5.78 Å². The van der Waals surface area contributed by atoms with Crippen molar-refractivity contribution >= 4 is 23.3 Å². The molecule has 1 N–H and O–H groups in total. The smallest absolute Gasteiger partial charge is 0.372 e. The predicted octanol–water partition coefficient (Wildman–Crippen LogP) is 2.99. The number of Topliss-reactive ketones (excluding diaryl/α,β-unsaturated/α-hetero) is 2. The molecule has 3 saturated carbocycles. The van der Waals surface area contributed by atoms with Gasteiger partial charge in [-0.05, 0) is 54.6 Å². The Balaban J connectivity index is 1.76. The number of rotatable bonds is 2. The summed E-state index contributed by atoms with van der Waals surface area (Å²) in [7, 11) is 0. The maximum Gasteiger partial charge on any atom is 0.372 e. The van der Waals surface area contributed by atoms with Crippen molar-refractivity contribution in [2.75, 3.05) is 0 Å². The number of fused-ring (bicyclic) bond motifs is 5. The van der Waals surface area contributed by atoms with Crippen LogP contribution in [-0.2, 0) is 19.2 Å². The van der Waals surface area contributed by atoms with E-state index in [1.165, 1.54) is 0 Å². The number of allylic oxidation sites excluding steroid dienone is 4.